The van der Waals surface area contributed by atoms with Crippen molar-refractivity contribution < 1.29 is 9.53 Å². The number of methoxy groups -OCH3 is 1. The zero-order valence-electron chi connectivity index (χ0n) is 9.78. The van der Waals surface area contributed by atoms with E-state index in [1.807, 2.05) is 13.0 Å². The van der Waals surface area contributed by atoms with Crippen molar-refractivity contribution in [2.45, 2.75) is 19.5 Å². The standard InChI is InChI=1S/C11H17N3O2/c1-8(12-2)11(15)14-7-9-4-5-10(16-3)13-6-9/h4-6,8,12H,7H2,1-3H3,(H,14,15). The van der Waals surface area contributed by atoms with Crippen LogP contribution in [0.25, 0.3) is 0 Å². The van der Waals surface area contributed by atoms with Gasteiger partial charge in [0.25, 0.3) is 0 Å². The van der Waals surface area contributed by atoms with Crippen molar-refractivity contribution in [3.05, 3.63) is 23.9 Å². The van der Waals surface area contributed by atoms with Gasteiger partial charge in [0.05, 0.1) is 13.2 Å². The summed E-state index contributed by atoms with van der Waals surface area (Å²) in [5.74, 6) is 0.539. The maximum atomic E-state index is 11.5. The quantitative estimate of drug-likeness (QED) is 0.754. The third-order valence-corrected chi connectivity index (χ3v) is 2.30. The molecule has 0 fully saturated rings. The highest BCUT2D eigenvalue weighted by atomic mass is 16.5. The lowest BCUT2D eigenvalue weighted by Gasteiger charge is -2.10. The molecule has 0 aliphatic carbocycles. The van der Waals surface area contributed by atoms with E-state index in [0.717, 1.165) is 5.56 Å². The molecule has 0 saturated carbocycles. The first-order valence-electron chi connectivity index (χ1n) is 5.11. The molecular formula is C11H17N3O2. The van der Waals surface area contributed by atoms with E-state index in [-0.39, 0.29) is 11.9 Å². The molecule has 1 heterocycles. The van der Waals surface area contributed by atoms with Crippen LogP contribution in [0.15, 0.2) is 18.3 Å². The minimum absolute atomic E-state index is 0.0293. The third kappa shape index (κ3) is 3.51. The summed E-state index contributed by atoms with van der Waals surface area (Å²) in [5.41, 5.74) is 0.942. The lowest BCUT2D eigenvalue weighted by atomic mass is 10.2. The van der Waals surface area contributed by atoms with E-state index in [1.165, 1.54) is 0 Å². The minimum atomic E-state index is -0.189. The average Bonchev–Trinajstić information content (AvgIpc) is 2.35. The Hall–Kier alpha value is -1.62. The van der Waals surface area contributed by atoms with Crippen molar-refractivity contribution >= 4 is 5.91 Å². The van der Waals surface area contributed by atoms with Gasteiger partial charge in [-0.25, -0.2) is 4.98 Å². The molecule has 0 saturated heterocycles. The second kappa shape index (κ2) is 6.07. The zero-order valence-corrected chi connectivity index (χ0v) is 9.78. The number of likely N-dealkylation sites (N-methyl/N-ethyl adjacent to an activating group) is 1. The van der Waals surface area contributed by atoms with Gasteiger partial charge in [-0.3, -0.25) is 4.79 Å². The Balaban J connectivity index is 2.45. The smallest absolute Gasteiger partial charge is 0.237 e. The van der Waals surface area contributed by atoms with Crippen LogP contribution in [0.5, 0.6) is 5.88 Å². The molecule has 0 radical (unpaired) electrons. The number of nitrogens with zero attached hydrogens (tertiary/aromatic N) is 1. The van der Waals surface area contributed by atoms with Crippen molar-refractivity contribution in [3.63, 3.8) is 0 Å². The predicted molar refractivity (Wildman–Crippen MR) is 61.2 cm³/mol. The van der Waals surface area contributed by atoms with Crippen LogP contribution < -0.4 is 15.4 Å². The summed E-state index contributed by atoms with van der Waals surface area (Å²) in [4.78, 5) is 15.5. The van der Waals surface area contributed by atoms with Crippen LogP contribution in [0.4, 0.5) is 0 Å². The second-order valence-corrected chi connectivity index (χ2v) is 3.44. The lowest BCUT2D eigenvalue weighted by molar-refractivity contribution is -0.122. The monoisotopic (exact) mass is 223 g/mol. The number of rotatable bonds is 5. The normalized spacial score (nSPS) is 11.9. The lowest BCUT2D eigenvalue weighted by Crippen LogP contribution is -2.39. The van der Waals surface area contributed by atoms with Gasteiger partial charge in [-0.15, -0.1) is 0 Å². The van der Waals surface area contributed by atoms with E-state index in [9.17, 15) is 4.79 Å². The highest BCUT2D eigenvalue weighted by molar-refractivity contribution is 5.81. The van der Waals surface area contributed by atoms with Crippen LogP contribution in [-0.2, 0) is 11.3 Å². The SMILES string of the molecule is CNC(C)C(=O)NCc1ccc(OC)nc1. The number of nitrogens with one attached hydrogen (secondary N) is 2. The molecule has 1 rings (SSSR count). The number of carbonyl (C=O) groups is 1. The Morgan fingerprint density at radius 3 is 2.81 bits per heavy atom. The fourth-order valence-corrected chi connectivity index (χ4v) is 1.11. The van der Waals surface area contributed by atoms with Crippen LogP contribution in [0.3, 0.4) is 0 Å². The fourth-order valence-electron chi connectivity index (χ4n) is 1.11. The molecule has 1 amide bonds. The molecule has 1 aromatic heterocycles. The van der Waals surface area contributed by atoms with Gasteiger partial charge in [0.15, 0.2) is 0 Å². The van der Waals surface area contributed by atoms with E-state index in [2.05, 4.69) is 15.6 Å². The van der Waals surface area contributed by atoms with E-state index < -0.39 is 0 Å². The summed E-state index contributed by atoms with van der Waals surface area (Å²) in [6.07, 6.45) is 1.68. The molecule has 1 aromatic rings. The molecule has 0 aliphatic heterocycles. The van der Waals surface area contributed by atoms with E-state index in [4.69, 9.17) is 4.74 Å². The van der Waals surface area contributed by atoms with Crippen LogP contribution >= 0.6 is 0 Å². The Morgan fingerprint density at radius 1 is 1.56 bits per heavy atom. The molecule has 1 unspecified atom stereocenters. The van der Waals surface area contributed by atoms with Gasteiger partial charge in [0.1, 0.15) is 0 Å². The van der Waals surface area contributed by atoms with Crippen molar-refractivity contribution in [2.75, 3.05) is 14.2 Å². The Labute approximate surface area is 95.2 Å². The number of aromatic nitrogens is 1. The van der Waals surface area contributed by atoms with Gasteiger partial charge in [-0.1, -0.05) is 6.07 Å². The minimum Gasteiger partial charge on any atom is -0.481 e. The highest BCUT2D eigenvalue weighted by Gasteiger charge is 2.08. The summed E-state index contributed by atoms with van der Waals surface area (Å²) in [6, 6.07) is 3.45. The summed E-state index contributed by atoms with van der Waals surface area (Å²) in [5, 5.41) is 5.68. The van der Waals surface area contributed by atoms with Crippen LogP contribution in [-0.4, -0.2) is 31.1 Å². The Bertz CT molecular complexity index is 338. The van der Waals surface area contributed by atoms with Crippen LogP contribution in [0, 0.1) is 0 Å². The van der Waals surface area contributed by atoms with Gasteiger partial charge in [0, 0.05) is 18.8 Å². The van der Waals surface area contributed by atoms with Gasteiger partial charge >= 0.3 is 0 Å². The van der Waals surface area contributed by atoms with Crippen molar-refractivity contribution in [1.29, 1.82) is 0 Å². The number of carbonyl (C=O) groups excluding carboxylic acids is 1. The van der Waals surface area contributed by atoms with E-state index in [1.54, 1.807) is 26.4 Å². The maximum absolute atomic E-state index is 11.5. The molecule has 0 spiro atoms. The first-order valence-corrected chi connectivity index (χ1v) is 5.11. The zero-order chi connectivity index (χ0) is 12.0. The predicted octanol–water partition coefficient (Wildman–Crippen LogP) is 0.314. The number of pyridine rings is 1. The van der Waals surface area contributed by atoms with Crippen molar-refractivity contribution in [1.82, 2.24) is 15.6 Å². The number of hydrogen-bond donors (Lipinski definition) is 2. The van der Waals surface area contributed by atoms with E-state index >= 15 is 0 Å². The third-order valence-electron chi connectivity index (χ3n) is 2.30. The number of amides is 1. The first kappa shape index (κ1) is 12.4. The topological polar surface area (TPSA) is 63.2 Å². The molecule has 1 atom stereocenters. The molecule has 0 aliphatic rings. The Morgan fingerprint density at radius 2 is 2.31 bits per heavy atom. The largest absolute Gasteiger partial charge is 0.481 e. The maximum Gasteiger partial charge on any atom is 0.237 e. The van der Waals surface area contributed by atoms with Gasteiger partial charge in [0.2, 0.25) is 11.8 Å². The molecule has 16 heavy (non-hydrogen) atoms. The summed E-state index contributed by atoms with van der Waals surface area (Å²) < 4.78 is 4.94. The summed E-state index contributed by atoms with van der Waals surface area (Å²) in [6.45, 7) is 2.28. The summed E-state index contributed by atoms with van der Waals surface area (Å²) >= 11 is 0. The fraction of sp³-hybridized carbons (Fsp3) is 0.455. The molecule has 88 valence electrons. The van der Waals surface area contributed by atoms with Gasteiger partial charge in [-0.2, -0.15) is 0 Å². The summed E-state index contributed by atoms with van der Waals surface area (Å²) in [7, 11) is 3.32. The van der Waals surface area contributed by atoms with Crippen LogP contribution in [0.1, 0.15) is 12.5 Å². The van der Waals surface area contributed by atoms with E-state index in [0.29, 0.717) is 12.4 Å². The molecular weight excluding hydrogens is 206 g/mol. The number of hydrogen-bond acceptors (Lipinski definition) is 4. The number of ether oxygens (including phenoxy) is 1. The molecule has 0 aromatic carbocycles. The molecule has 0 bridgehead atoms. The van der Waals surface area contributed by atoms with Crippen LogP contribution in [0.2, 0.25) is 0 Å². The highest BCUT2D eigenvalue weighted by Crippen LogP contribution is 2.06. The van der Waals surface area contributed by atoms with Gasteiger partial charge < -0.3 is 15.4 Å². The van der Waals surface area contributed by atoms with Crippen molar-refractivity contribution in [2.24, 2.45) is 0 Å². The molecule has 2 N–H and O–H groups in total. The molecule has 5 nitrogen and oxygen atoms in total. The first-order chi connectivity index (χ1) is 7.67. The Kier molecular flexibility index (Phi) is 4.72. The molecule has 5 heteroatoms. The van der Waals surface area contributed by atoms with Crippen molar-refractivity contribution in [3.8, 4) is 5.88 Å². The van der Waals surface area contributed by atoms with Gasteiger partial charge in [-0.05, 0) is 19.5 Å². The average molecular weight is 223 g/mol. The second-order valence-electron chi connectivity index (χ2n) is 3.44.